The molecular formula is C18H24N4O3. The molecule has 1 fully saturated rings. The van der Waals surface area contributed by atoms with Crippen LogP contribution in [-0.2, 0) is 28.2 Å². The number of fused-ring (bicyclic) bond motifs is 2. The highest BCUT2D eigenvalue weighted by Crippen LogP contribution is 2.40. The zero-order chi connectivity index (χ0) is 17.4. The topological polar surface area (TPSA) is 72.5 Å². The van der Waals surface area contributed by atoms with Gasteiger partial charge in [-0.05, 0) is 31.9 Å². The molecule has 7 nitrogen and oxygen atoms in total. The minimum Gasteiger partial charge on any atom is -0.465 e. The lowest BCUT2D eigenvalue weighted by molar-refractivity contribution is -0.173. The number of ether oxygens (including phenoxy) is 1. The lowest BCUT2D eigenvalue weighted by Gasteiger charge is -2.45. The number of likely N-dealkylation sites (N-methyl/N-ethyl adjacent to an activating group) is 1. The van der Waals surface area contributed by atoms with Gasteiger partial charge in [0, 0.05) is 32.5 Å². The molecule has 0 saturated carbocycles. The molecule has 2 aromatic rings. The van der Waals surface area contributed by atoms with Gasteiger partial charge in [0.15, 0.2) is 6.10 Å². The number of aryl methyl sites for hydroxylation is 1. The second-order valence-corrected chi connectivity index (χ2v) is 6.91. The summed E-state index contributed by atoms with van der Waals surface area (Å²) in [6.07, 6.45) is 4.90. The predicted octanol–water partition coefficient (Wildman–Crippen LogP) is 1.42. The summed E-state index contributed by atoms with van der Waals surface area (Å²) in [6.45, 7) is 5.05. The number of furan rings is 1. The van der Waals surface area contributed by atoms with E-state index in [1.54, 1.807) is 13.2 Å². The molecule has 134 valence electrons. The first-order valence-corrected chi connectivity index (χ1v) is 8.78. The Bertz CT molecular complexity index is 758. The van der Waals surface area contributed by atoms with Crippen molar-refractivity contribution in [2.45, 2.75) is 44.6 Å². The number of nitrogens with one attached hydrogen (secondary N) is 1. The number of amides is 1. The minimum absolute atomic E-state index is 0.0767. The van der Waals surface area contributed by atoms with Gasteiger partial charge in [-0.2, -0.15) is 0 Å². The molecule has 7 heteroatoms. The van der Waals surface area contributed by atoms with Crippen LogP contribution in [0.15, 0.2) is 28.9 Å². The van der Waals surface area contributed by atoms with Crippen molar-refractivity contribution in [1.29, 1.82) is 0 Å². The predicted molar refractivity (Wildman–Crippen MR) is 90.8 cm³/mol. The van der Waals surface area contributed by atoms with E-state index in [2.05, 4.69) is 19.8 Å². The van der Waals surface area contributed by atoms with Gasteiger partial charge in [-0.3, -0.25) is 9.69 Å². The summed E-state index contributed by atoms with van der Waals surface area (Å²) in [7, 11) is 1.65. The fraction of sp³-hybridized carbons (Fsp3) is 0.556. The highest BCUT2D eigenvalue weighted by molar-refractivity contribution is 5.80. The standard InChI is InChI=1S/C18H24N4O3/c1-13-3-4-14(24-13)11-21-8-5-18(6-9-21)17-20-7-10-22(17)12-15(25-18)16(23)19-2/h3-4,7,10,15H,5-6,8-9,11-12H2,1-2H3,(H,19,23)/t15-/m1/s1. The van der Waals surface area contributed by atoms with Crippen LogP contribution in [0.25, 0.3) is 0 Å². The number of nitrogens with zero attached hydrogens (tertiary/aromatic N) is 3. The third kappa shape index (κ3) is 2.98. The number of carbonyl (C=O) groups is 1. The van der Waals surface area contributed by atoms with Gasteiger partial charge in [0.05, 0.1) is 13.1 Å². The number of rotatable bonds is 3. The molecule has 2 aliphatic heterocycles. The van der Waals surface area contributed by atoms with E-state index < -0.39 is 11.7 Å². The molecule has 25 heavy (non-hydrogen) atoms. The van der Waals surface area contributed by atoms with Gasteiger partial charge in [-0.25, -0.2) is 4.98 Å². The van der Waals surface area contributed by atoms with Crippen LogP contribution < -0.4 is 5.32 Å². The summed E-state index contributed by atoms with van der Waals surface area (Å²) in [6, 6.07) is 4.03. The second kappa shape index (κ2) is 6.31. The fourth-order valence-electron chi connectivity index (χ4n) is 3.90. The van der Waals surface area contributed by atoms with Gasteiger partial charge in [0.25, 0.3) is 5.91 Å². The molecule has 2 aliphatic rings. The second-order valence-electron chi connectivity index (χ2n) is 6.91. The molecule has 4 rings (SSSR count). The van der Waals surface area contributed by atoms with Crippen molar-refractivity contribution in [3.8, 4) is 0 Å². The molecule has 2 aromatic heterocycles. The van der Waals surface area contributed by atoms with Crippen molar-refractivity contribution >= 4 is 5.91 Å². The molecule has 1 saturated heterocycles. The summed E-state index contributed by atoms with van der Waals surface area (Å²) in [5.74, 6) is 2.80. The first-order chi connectivity index (χ1) is 12.1. The summed E-state index contributed by atoms with van der Waals surface area (Å²) in [5.41, 5.74) is -0.478. The highest BCUT2D eigenvalue weighted by Gasteiger charge is 2.46. The number of piperidine rings is 1. The number of carbonyl (C=O) groups excluding carboxylic acids is 1. The van der Waals surface area contributed by atoms with Crippen LogP contribution >= 0.6 is 0 Å². The van der Waals surface area contributed by atoms with Gasteiger partial charge in [-0.1, -0.05) is 0 Å². The monoisotopic (exact) mass is 344 g/mol. The normalized spacial score (nSPS) is 22.7. The van der Waals surface area contributed by atoms with Crippen LogP contribution in [0.1, 0.15) is 30.2 Å². The van der Waals surface area contributed by atoms with E-state index in [4.69, 9.17) is 9.15 Å². The molecule has 1 spiro atoms. The Kier molecular flexibility index (Phi) is 4.13. The van der Waals surface area contributed by atoms with E-state index in [1.807, 2.05) is 25.3 Å². The molecule has 0 radical (unpaired) electrons. The van der Waals surface area contributed by atoms with Gasteiger partial charge >= 0.3 is 0 Å². The van der Waals surface area contributed by atoms with Crippen LogP contribution in [0.2, 0.25) is 0 Å². The first kappa shape index (κ1) is 16.4. The smallest absolute Gasteiger partial charge is 0.250 e. The minimum atomic E-state index is -0.478. The summed E-state index contributed by atoms with van der Waals surface area (Å²) in [4.78, 5) is 19.0. The number of imidazole rings is 1. The molecule has 0 unspecified atom stereocenters. The van der Waals surface area contributed by atoms with Gasteiger partial charge in [-0.15, -0.1) is 0 Å². The van der Waals surface area contributed by atoms with E-state index in [9.17, 15) is 4.79 Å². The highest BCUT2D eigenvalue weighted by atomic mass is 16.5. The first-order valence-electron chi connectivity index (χ1n) is 8.78. The number of likely N-dealkylation sites (tertiary alicyclic amines) is 1. The van der Waals surface area contributed by atoms with Crippen LogP contribution in [0.4, 0.5) is 0 Å². The third-order valence-corrected chi connectivity index (χ3v) is 5.23. The van der Waals surface area contributed by atoms with Crippen LogP contribution in [0.5, 0.6) is 0 Å². The van der Waals surface area contributed by atoms with Crippen molar-refractivity contribution in [3.63, 3.8) is 0 Å². The van der Waals surface area contributed by atoms with E-state index in [0.29, 0.717) is 6.54 Å². The Morgan fingerprint density at radius 2 is 2.20 bits per heavy atom. The van der Waals surface area contributed by atoms with Crippen molar-refractivity contribution in [1.82, 2.24) is 19.8 Å². The molecule has 0 bridgehead atoms. The maximum Gasteiger partial charge on any atom is 0.250 e. The molecule has 1 amide bonds. The van der Waals surface area contributed by atoms with E-state index in [-0.39, 0.29) is 5.91 Å². The van der Waals surface area contributed by atoms with Crippen LogP contribution in [0.3, 0.4) is 0 Å². The number of hydrogen-bond donors (Lipinski definition) is 1. The van der Waals surface area contributed by atoms with Gasteiger partial charge < -0.3 is 19.0 Å². The molecule has 1 atom stereocenters. The molecule has 0 aromatic carbocycles. The van der Waals surface area contributed by atoms with E-state index in [1.165, 1.54) is 0 Å². The zero-order valence-corrected chi connectivity index (χ0v) is 14.7. The Morgan fingerprint density at radius 1 is 1.40 bits per heavy atom. The Hall–Kier alpha value is -2.12. The fourth-order valence-corrected chi connectivity index (χ4v) is 3.90. The van der Waals surface area contributed by atoms with Gasteiger partial charge in [0.1, 0.15) is 22.9 Å². The number of aromatic nitrogens is 2. The van der Waals surface area contributed by atoms with Crippen molar-refractivity contribution in [2.24, 2.45) is 0 Å². The Labute approximate surface area is 147 Å². The lowest BCUT2D eigenvalue weighted by Crippen LogP contribution is -2.53. The van der Waals surface area contributed by atoms with Crippen molar-refractivity contribution < 1.29 is 13.9 Å². The maximum atomic E-state index is 12.1. The molecule has 4 heterocycles. The van der Waals surface area contributed by atoms with Gasteiger partial charge in [0.2, 0.25) is 0 Å². The van der Waals surface area contributed by atoms with E-state index in [0.717, 1.165) is 49.8 Å². The Morgan fingerprint density at radius 3 is 2.88 bits per heavy atom. The SMILES string of the molecule is CNC(=O)[C@H]1Cn2ccnc2C2(CCN(Cc3ccc(C)o3)CC2)O1. The Balaban J connectivity index is 1.50. The van der Waals surface area contributed by atoms with Crippen LogP contribution in [-0.4, -0.2) is 46.6 Å². The summed E-state index contributed by atoms with van der Waals surface area (Å²) >= 11 is 0. The average Bonchev–Trinajstić information content (AvgIpc) is 3.25. The summed E-state index contributed by atoms with van der Waals surface area (Å²) < 4.78 is 14.1. The van der Waals surface area contributed by atoms with E-state index >= 15 is 0 Å². The lowest BCUT2D eigenvalue weighted by atomic mass is 9.88. The van der Waals surface area contributed by atoms with Crippen molar-refractivity contribution in [2.75, 3.05) is 20.1 Å². The largest absolute Gasteiger partial charge is 0.465 e. The van der Waals surface area contributed by atoms with Crippen molar-refractivity contribution in [3.05, 3.63) is 41.9 Å². The third-order valence-electron chi connectivity index (χ3n) is 5.23. The number of hydrogen-bond acceptors (Lipinski definition) is 5. The average molecular weight is 344 g/mol. The maximum absolute atomic E-state index is 12.1. The molecule has 0 aliphatic carbocycles. The summed E-state index contributed by atoms with van der Waals surface area (Å²) in [5, 5.41) is 2.70. The quantitative estimate of drug-likeness (QED) is 0.912. The zero-order valence-electron chi connectivity index (χ0n) is 14.7. The molecule has 1 N–H and O–H groups in total. The molecular weight excluding hydrogens is 320 g/mol. The van der Waals surface area contributed by atoms with Crippen LogP contribution in [0, 0.1) is 6.92 Å².